The number of carbonyl (C=O) groups excluding carboxylic acids is 2. The maximum atomic E-state index is 11.4. The molecule has 2 amide bonds. The Morgan fingerprint density at radius 1 is 1.30 bits per heavy atom. The summed E-state index contributed by atoms with van der Waals surface area (Å²) in [5, 5.41) is 12.8. The van der Waals surface area contributed by atoms with E-state index in [2.05, 4.69) is 5.32 Å². The molecule has 1 rings (SSSR count). The van der Waals surface area contributed by atoms with Gasteiger partial charge in [0, 0.05) is 25.1 Å². The van der Waals surface area contributed by atoms with Crippen molar-refractivity contribution in [1.29, 1.82) is 0 Å². The number of urea groups is 1. The molecular weight excluding hydrogens is 266 g/mol. The molecule has 8 nitrogen and oxygen atoms in total. The minimum Gasteiger partial charge on any atom is -0.461 e. The zero-order valence-electron chi connectivity index (χ0n) is 10.7. The molecule has 0 aliphatic heterocycles. The smallest absolute Gasteiger partial charge is 0.312 e. The highest BCUT2D eigenvalue weighted by molar-refractivity contribution is 5.72. The van der Waals surface area contributed by atoms with Crippen LogP contribution in [-0.2, 0) is 16.1 Å². The molecule has 1 aromatic carbocycles. The van der Waals surface area contributed by atoms with Crippen LogP contribution in [0, 0.1) is 10.1 Å². The molecular formula is C12H15N3O5. The number of carbonyl (C=O) groups is 2. The summed E-state index contributed by atoms with van der Waals surface area (Å²) in [5.74, 6) is -0.408. The molecule has 0 atom stereocenters. The van der Waals surface area contributed by atoms with Crippen LogP contribution in [0.5, 0.6) is 0 Å². The van der Waals surface area contributed by atoms with Gasteiger partial charge in [-0.25, -0.2) is 4.79 Å². The molecule has 0 saturated carbocycles. The lowest BCUT2D eigenvalue weighted by molar-refractivity contribution is -0.384. The summed E-state index contributed by atoms with van der Waals surface area (Å²) in [4.78, 5) is 31.7. The number of amides is 2. The van der Waals surface area contributed by atoms with Crippen LogP contribution in [0.25, 0.3) is 0 Å². The first-order chi connectivity index (χ1) is 9.49. The highest BCUT2D eigenvalue weighted by Crippen LogP contribution is 2.12. The third kappa shape index (κ3) is 5.80. The van der Waals surface area contributed by atoms with Crippen LogP contribution < -0.4 is 11.1 Å². The van der Waals surface area contributed by atoms with Crippen molar-refractivity contribution in [3.8, 4) is 0 Å². The molecule has 0 bridgehead atoms. The van der Waals surface area contributed by atoms with Crippen molar-refractivity contribution >= 4 is 17.7 Å². The molecule has 0 spiro atoms. The lowest BCUT2D eigenvalue weighted by atomic mass is 10.2. The van der Waals surface area contributed by atoms with Gasteiger partial charge in [-0.2, -0.15) is 0 Å². The van der Waals surface area contributed by atoms with Gasteiger partial charge in [0.2, 0.25) is 0 Å². The van der Waals surface area contributed by atoms with Crippen LogP contribution >= 0.6 is 0 Å². The summed E-state index contributed by atoms with van der Waals surface area (Å²) in [5.41, 5.74) is 5.51. The Morgan fingerprint density at radius 2 is 1.95 bits per heavy atom. The fourth-order valence-corrected chi connectivity index (χ4v) is 1.39. The minimum atomic E-state index is -0.635. The van der Waals surface area contributed by atoms with E-state index in [-0.39, 0.29) is 18.7 Å². The first-order valence-electron chi connectivity index (χ1n) is 5.91. The van der Waals surface area contributed by atoms with Crippen LogP contribution in [-0.4, -0.2) is 23.5 Å². The lowest BCUT2D eigenvalue weighted by Crippen LogP contribution is -2.30. The molecule has 0 saturated heterocycles. The second kappa shape index (κ2) is 7.72. The fraction of sp³-hybridized carbons (Fsp3) is 0.333. The predicted octanol–water partition coefficient (Wildman–Crippen LogP) is 1.09. The topological polar surface area (TPSA) is 125 Å². The van der Waals surface area contributed by atoms with E-state index in [0.717, 1.165) is 0 Å². The van der Waals surface area contributed by atoms with Crippen molar-refractivity contribution in [3.05, 3.63) is 39.9 Å². The van der Waals surface area contributed by atoms with Crippen LogP contribution in [0.1, 0.15) is 18.4 Å². The number of benzene rings is 1. The van der Waals surface area contributed by atoms with Gasteiger partial charge >= 0.3 is 12.0 Å². The van der Waals surface area contributed by atoms with Gasteiger partial charge in [-0.3, -0.25) is 14.9 Å². The van der Waals surface area contributed by atoms with Crippen molar-refractivity contribution in [1.82, 2.24) is 5.32 Å². The number of nitro benzene ring substituents is 1. The van der Waals surface area contributed by atoms with E-state index >= 15 is 0 Å². The highest BCUT2D eigenvalue weighted by atomic mass is 16.6. The van der Waals surface area contributed by atoms with Crippen LogP contribution in [0.15, 0.2) is 24.3 Å². The number of nitrogens with two attached hydrogens (primary N) is 1. The first kappa shape index (κ1) is 15.4. The quantitative estimate of drug-likeness (QED) is 0.335. The predicted molar refractivity (Wildman–Crippen MR) is 69.7 cm³/mol. The number of primary amides is 1. The Bertz CT molecular complexity index is 486. The maximum Gasteiger partial charge on any atom is 0.312 e. The number of nitrogens with one attached hydrogen (secondary N) is 1. The van der Waals surface area contributed by atoms with E-state index in [0.29, 0.717) is 18.5 Å². The minimum absolute atomic E-state index is 0.0161. The highest BCUT2D eigenvalue weighted by Gasteiger charge is 2.06. The summed E-state index contributed by atoms with van der Waals surface area (Å²) in [6.07, 6.45) is 0.593. The summed E-state index contributed by atoms with van der Waals surface area (Å²) in [7, 11) is 0. The number of ether oxygens (including phenoxy) is 1. The van der Waals surface area contributed by atoms with E-state index in [4.69, 9.17) is 10.5 Å². The molecule has 20 heavy (non-hydrogen) atoms. The molecule has 0 aliphatic carbocycles. The zero-order chi connectivity index (χ0) is 15.0. The Labute approximate surface area is 115 Å². The van der Waals surface area contributed by atoms with Gasteiger partial charge < -0.3 is 15.8 Å². The summed E-state index contributed by atoms with van der Waals surface area (Å²) in [6, 6.07) is 5.12. The Balaban J connectivity index is 2.26. The molecule has 0 fully saturated rings. The third-order valence-electron chi connectivity index (χ3n) is 2.40. The first-order valence-corrected chi connectivity index (χ1v) is 5.91. The normalized spacial score (nSPS) is 9.80. The number of rotatable bonds is 7. The number of esters is 1. The van der Waals surface area contributed by atoms with E-state index < -0.39 is 16.9 Å². The lowest BCUT2D eigenvalue weighted by Gasteiger charge is -2.05. The van der Waals surface area contributed by atoms with Crippen LogP contribution in [0.3, 0.4) is 0 Å². The van der Waals surface area contributed by atoms with Crippen molar-refractivity contribution in [2.45, 2.75) is 19.4 Å². The molecule has 0 heterocycles. The molecule has 0 unspecified atom stereocenters. The van der Waals surface area contributed by atoms with Gasteiger partial charge in [-0.1, -0.05) is 0 Å². The summed E-state index contributed by atoms with van der Waals surface area (Å²) in [6.45, 7) is 0.363. The number of nitrogens with zero attached hydrogens (tertiary/aromatic N) is 1. The molecule has 0 aliphatic rings. The average molecular weight is 281 g/mol. The van der Waals surface area contributed by atoms with Crippen LogP contribution in [0.2, 0.25) is 0 Å². The van der Waals surface area contributed by atoms with E-state index in [1.807, 2.05) is 0 Å². The number of nitro groups is 1. The number of hydrogen-bond acceptors (Lipinski definition) is 5. The second-order valence-electron chi connectivity index (χ2n) is 3.98. The molecule has 0 radical (unpaired) electrons. The van der Waals surface area contributed by atoms with Crippen molar-refractivity contribution in [2.24, 2.45) is 5.73 Å². The Hall–Kier alpha value is -2.64. The van der Waals surface area contributed by atoms with Crippen molar-refractivity contribution < 1.29 is 19.2 Å². The van der Waals surface area contributed by atoms with Gasteiger partial charge in [-0.05, 0) is 24.1 Å². The molecule has 108 valence electrons. The molecule has 3 N–H and O–H groups in total. The standard InChI is InChI=1S/C12H15N3O5/c13-12(17)14-7-1-2-11(16)20-8-9-3-5-10(6-4-9)15(18)19/h3-6H,1-2,7-8H2,(H3,13,14,17). The van der Waals surface area contributed by atoms with Crippen molar-refractivity contribution in [2.75, 3.05) is 6.54 Å². The number of non-ortho nitro benzene ring substituents is 1. The summed E-state index contributed by atoms with van der Waals surface area (Å²) >= 11 is 0. The zero-order valence-corrected chi connectivity index (χ0v) is 10.7. The monoisotopic (exact) mass is 281 g/mol. The number of hydrogen-bond donors (Lipinski definition) is 2. The van der Waals surface area contributed by atoms with Gasteiger partial charge in [0.1, 0.15) is 6.61 Å². The fourth-order valence-electron chi connectivity index (χ4n) is 1.39. The van der Waals surface area contributed by atoms with Crippen molar-refractivity contribution in [3.63, 3.8) is 0 Å². The summed E-state index contributed by atoms with van der Waals surface area (Å²) < 4.78 is 4.98. The van der Waals surface area contributed by atoms with E-state index in [1.165, 1.54) is 24.3 Å². The SMILES string of the molecule is NC(=O)NCCCC(=O)OCc1ccc([N+](=O)[O-])cc1. The van der Waals surface area contributed by atoms with E-state index in [9.17, 15) is 19.7 Å². The third-order valence-corrected chi connectivity index (χ3v) is 2.40. The van der Waals surface area contributed by atoms with Gasteiger partial charge in [0.15, 0.2) is 0 Å². The van der Waals surface area contributed by atoms with Crippen LogP contribution in [0.4, 0.5) is 10.5 Å². The van der Waals surface area contributed by atoms with Gasteiger partial charge in [-0.15, -0.1) is 0 Å². The molecule has 8 heteroatoms. The maximum absolute atomic E-state index is 11.4. The average Bonchev–Trinajstić information content (AvgIpc) is 2.41. The largest absolute Gasteiger partial charge is 0.461 e. The second-order valence-corrected chi connectivity index (χ2v) is 3.98. The molecule has 1 aromatic rings. The Morgan fingerprint density at radius 3 is 2.50 bits per heavy atom. The van der Waals surface area contributed by atoms with Gasteiger partial charge in [0.25, 0.3) is 5.69 Å². The molecule has 0 aromatic heterocycles. The van der Waals surface area contributed by atoms with E-state index in [1.54, 1.807) is 0 Å². The Kier molecular flexibility index (Phi) is 5.95. The van der Waals surface area contributed by atoms with Gasteiger partial charge in [0.05, 0.1) is 4.92 Å².